The molecule has 3 rings (SSSR count). The van der Waals surface area contributed by atoms with E-state index in [9.17, 15) is 10.1 Å². The smallest absolute Gasteiger partial charge is 0.267 e. The van der Waals surface area contributed by atoms with Crippen LogP contribution in [0.25, 0.3) is 15.8 Å². The van der Waals surface area contributed by atoms with Crippen LogP contribution in [0, 0.1) is 18.3 Å². The van der Waals surface area contributed by atoms with E-state index in [2.05, 4.69) is 6.07 Å². The highest BCUT2D eigenvalue weighted by atomic mass is 32.1. The second-order valence-corrected chi connectivity index (χ2v) is 5.26. The van der Waals surface area contributed by atoms with Gasteiger partial charge in [-0.15, -0.1) is 0 Å². The molecule has 3 aromatic rings. The van der Waals surface area contributed by atoms with Crippen molar-refractivity contribution in [2.24, 2.45) is 0 Å². The Morgan fingerprint density at radius 2 is 1.95 bits per heavy atom. The molecule has 0 aliphatic heterocycles. The molecule has 19 heavy (non-hydrogen) atoms. The minimum absolute atomic E-state index is 0.0669. The highest BCUT2D eigenvalue weighted by molar-refractivity contribution is 7.14. The predicted molar refractivity (Wildman–Crippen MR) is 76.9 cm³/mol. The molecule has 0 N–H and O–H groups in total. The van der Waals surface area contributed by atoms with Crippen LogP contribution in [-0.4, -0.2) is 3.96 Å². The molecular weight excluding hydrogens is 256 g/mol. The molecule has 3 nitrogen and oxygen atoms in total. The van der Waals surface area contributed by atoms with Crippen molar-refractivity contribution in [2.75, 3.05) is 0 Å². The first-order valence-corrected chi connectivity index (χ1v) is 6.61. The lowest BCUT2D eigenvalue weighted by Crippen LogP contribution is -2.12. The topological polar surface area (TPSA) is 45.8 Å². The molecule has 92 valence electrons. The molecule has 0 fully saturated rings. The molecule has 0 saturated heterocycles. The fraction of sp³-hybridized carbons (Fsp3) is 0.0667. The van der Waals surface area contributed by atoms with E-state index >= 15 is 0 Å². The number of nitriles is 1. The van der Waals surface area contributed by atoms with E-state index in [4.69, 9.17) is 0 Å². The maximum atomic E-state index is 12.4. The SMILES string of the molecule is Cc1cccc(-n2sc3ccccc3c2=O)c1C#N. The number of rotatable bonds is 1. The van der Waals surface area contributed by atoms with E-state index in [1.807, 2.05) is 49.4 Å². The van der Waals surface area contributed by atoms with E-state index in [1.54, 1.807) is 3.96 Å². The van der Waals surface area contributed by atoms with E-state index in [0.29, 0.717) is 16.6 Å². The summed E-state index contributed by atoms with van der Waals surface area (Å²) in [5.74, 6) is 0. The molecule has 0 saturated carbocycles. The van der Waals surface area contributed by atoms with Gasteiger partial charge in [-0.3, -0.25) is 4.79 Å². The fourth-order valence-corrected chi connectivity index (χ4v) is 3.12. The summed E-state index contributed by atoms with van der Waals surface area (Å²) in [5.41, 5.74) is 2.02. The fourth-order valence-electron chi connectivity index (χ4n) is 2.10. The Morgan fingerprint density at radius 1 is 1.16 bits per heavy atom. The van der Waals surface area contributed by atoms with Crippen molar-refractivity contribution in [1.29, 1.82) is 5.26 Å². The van der Waals surface area contributed by atoms with Gasteiger partial charge in [0, 0.05) is 0 Å². The molecule has 0 amide bonds. The molecule has 4 heteroatoms. The summed E-state index contributed by atoms with van der Waals surface area (Å²) >= 11 is 1.37. The number of benzene rings is 2. The predicted octanol–water partition coefficient (Wildman–Crippen LogP) is 3.23. The van der Waals surface area contributed by atoms with Crippen molar-refractivity contribution in [3.8, 4) is 11.8 Å². The average Bonchev–Trinajstić information content (AvgIpc) is 2.76. The second kappa shape index (κ2) is 4.38. The lowest BCUT2D eigenvalue weighted by molar-refractivity contribution is 1.12. The van der Waals surface area contributed by atoms with Crippen LogP contribution in [-0.2, 0) is 0 Å². The molecule has 0 unspecified atom stereocenters. The van der Waals surface area contributed by atoms with Crippen LogP contribution in [0.2, 0.25) is 0 Å². The molecule has 1 heterocycles. The maximum absolute atomic E-state index is 12.4. The van der Waals surface area contributed by atoms with Gasteiger partial charge in [0.1, 0.15) is 6.07 Å². The summed E-state index contributed by atoms with van der Waals surface area (Å²) in [6, 6.07) is 15.2. The molecule has 1 aromatic heterocycles. The highest BCUT2D eigenvalue weighted by Crippen LogP contribution is 2.23. The minimum Gasteiger partial charge on any atom is -0.267 e. The molecule has 0 spiro atoms. The van der Waals surface area contributed by atoms with Crippen molar-refractivity contribution in [3.63, 3.8) is 0 Å². The first-order chi connectivity index (χ1) is 9.22. The van der Waals surface area contributed by atoms with Crippen LogP contribution < -0.4 is 5.56 Å². The number of aryl methyl sites for hydroxylation is 1. The van der Waals surface area contributed by atoms with Gasteiger partial charge in [-0.1, -0.05) is 35.8 Å². The normalized spacial score (nSPS) is 10.5. The molecule has 0 radical (unpaired) electrons. The van der Waals surface area contributed by atoms with Crippen LogP contribution in [0.1, 0.15) is 11.1 Å². The molecule has 0 aliphatic rings. The van der Waals surface area contributed by atoms with E-state index < -0.39 is 0 Å². The number of nitrogens with zero attached hydrogens (tertiary/aromatic N) is 2. The molecular formula is C15H10N2OS. The van der Waals surface area contributed by atoms with E-state index in [1.165, 1.54) is 11.5 Å². The Bertz CT molecular complexity index is 868. The summed E-state index contributed by atoms with van der Waals surface area (Å²) in [5, 5.41) is 9.96. The summed E-state index contributed by atoms with van der Waals surface area (Å²) in [7, 11) is 0. The monoisotopic (exact) mass is 266 g/mol. The second-order valence-electron chi connectivity index (χ2n) is 4.27. The number of fused-ring (bicyclic) bond motifs is 1. The average molecular weight is 266 g/mol. The van der Waals surface area contributed by atoms with Gasteiger partial charge in [-0.2, -0.15) is 5.26 Å². The summed E-state index contributed by atoms with van der Waals surface area (Å²) < 4.78 is 2.52. The van der Waals surface area contributed by atoms with Crippen LogP contribution in [0.4, 0.5) is 0 Å². The summed E-state index contributed by atoms with van der Waals surface area (Å²) in [6.07, 6.45) is 0. The van der Waals surface area contributed by atoms with Crippen molar-refractivity contribution < 1.29 is 0 Å². The molecule has 0 atom stereocenters. The largest absolute Gasteiger partial charge is 0.273 e. The minimum atomic E-state index is -0.0669. The number of hydrogen-bond donors (Lipinski definition) is 0. The van der Waals surface area contributed by atoms with Crippen LogP contribution in [0.15, 0.2) is 47.3 Å². The third kappa shape index (κ3) is 1.76. The van der Waals surface area contributed by atoms with Gasteiger partial charge in [0.25, 0.3) is 5.56 Å². The van der Waals surface area contributed by atoms with Gasteiger partial charge in [0.15, 0.2) is 0 Å². The highest BCUT2D eigenvalue weighted by Gasteiger charge is 2.12. The quantitative estimate of drug-likeness (QED) is 0.678. The summed E-state index contributed by atoms with van der Waals surface area (Å²) in [4.78, 5) is 12.4. The third-order valence-electron chi connectivity index (χ3n) is 3.07. The Labute approximate surface area is 114 Å². The van der Waals surface area contributed by atoms with Gasteiger partial charge in [0.05, 0.1) is 21.3 Å². The van der Waals surface area contributed by atoms with Crippen molar-refractivity contribution in [3.05, 3.63) is 63.9 Å². The Morgan fingerprint density at radius 3 is 2.68 bits per heavy atom. The Kier molecular flexibility index (Phi) is 2.69. The number of aromatic nitrogens is 1. The third-order valence-corrected chi connectivity index (χ3v) is 4.17. The maximum Gasteiger partial charge on any atom is 0.273 e. The zero-order valence-electron chi connectivity index (χ0n) is 10.3. The van der Waals surface area contributed by atoms with Crippen molar-refractivity contribution in [1.82, 2.24) is 3.96 Å². The molecule has 0 aliphatic carbocycles. The van der Waals surface area contributed by atoms with Crippen molar-refractivity contribution in [2.45, 2.75) is 6.92 Å². The van der Waals surface area contributed by atoms with Gasteiger partial charge in [0.2, 0.25) is 0 Å². The standard InChI is InChI=1S/C15H10N2OS/c1-10-5-4-7-13(12(10)9-16)17-15(18)11-6-2-3-8-14(11)19-17/h2-8H,1H3. The van der Waals surface area contributed by atoms with E-state index in [-0.39, 0.29) is 5.56 Å². The molecule has 2 aromatic carbocycles. The van der Waals surface area contributed by atoms with Gasteiger partial charge in [-0.25, -0.2) is 3.96 Å². The zero-order chi connectivity index (χ0) is 13.4. The Balaban J connectivity index is 2.38. The first-order valence-electron chi connectivity index (χ1n) is 5.83. The van der Waals surface area contributed by atoms with Crippen molar-refractivity contribution >= 4 is 21.6 Å². The number of hydrogen-bond acceptors (Lipinski definition) is 3. The Hall–Kier alpha value is -2.38. The van der Waals surface area contributed by atoms with Gasteiger partial charge in [-0.05, 0) is 30.7 Å². The summed E-state index contributed by atoms with van der Waals surface area (Å²) in [6.45, 7) is 1.88. The van der Waals surface area contributed by atoms with Gasteiger partial charge >= 0.3 is 0 Å². The lowest BCUT2D eigenvalue weighted by atomic mass is 10.1. The van der Waals surface area contributed by atoms with Crippen LogP contribution in [0.5, 0.6) is 0 Å². The van der Waals surface area contributed by atoms with Crippen LogP contribution in [0.3, 0.4) is 0 Å². The molecule has 0 bridgehead atoms. The zero-order valence-corrected chi connectivity index (χ0v) is 11.1. The van der Waals surface area contributed by atoms with Gasteiger partial charge < -0.3 is 0 Å². The van der Waals surface area contributed by atoms with E-state index in [0.717, 1.165) is 10.3 Å². The lowest BCUT2D eigenvalue weighted by Gasteiger charge is -2.05. The van der Waals surface area contributed by atoms with Crippen LogP contribution >= 0.6 is 11.5 Å². The first kappa shape index (κ1) is 11.7.